The van der Waals surface area contributed by atoms with Gasteiger partial charge in [-0.1, -0.05) is 149 Å². The second kappa shape index (κ2) is 16.2. The molecule has 0 N–H and O–H groups in total. The molecule has 7 rings (SSSR count). The number of aryl methyl sites for hydroxylation is 2. The van der Waals surface area contributed by atoms with Crippen molar-refractivity contribution in [1.29, 1.82) is 0 Å². The van der Waals surface area contributed by atoms with Crippen LogP contribution in [0.4, 0.5) is 11.4 Å². The van der Waals surface area contributed by atoms with Gasteiger partial charge in [0.05, 0.1) is 0 Å². The molecule has 0 fully saturated rings. The van der Waals surface area contributed by atoms with Crippen LogP contribution in [-0.4, -0.2) is 13.2 Å². The first-order chi connectivity index (χ1) is 24.7. The van der Waals surface area contributed by atoms with Crippen molar-refractivity contribution in [2.75, 3.05) is 13.2 Å². The molecule has 0 aliphatic heterocycles. The molecule has 0 spiro atoms. The van der Waals surface area contributed by atoms with E-state index < -0.39 is 0 Å². The Morgan fingerprint density at radius 3 is 1.64 bits per heavy atom. The molecule has 0 atom stereocenters. The molecule has 3 nitrogen and oxygen atoms in total. The number of para-hydroxylation sites is 1. The highest BCUT2D eigenvalue weighted by atomic mass is 17.0. The van der Waals surface area contributed by atoms with Gasteiger partial charge in [-0.05, 0) is 86.3 Å². The lowest BCUT2D eigenvalue weighted by atomic mass is 9.86. The van der Waals surface area contributed by atoms with Gasteiger partial charge in [0.2, 0.25) is 11.4 Å². The molecule has 0 aliphatic carbocycles. The summed E-state index contributed by atoms with van der Waals surface area (Å²) in [6.07, 6.45) is 12.4. The van der Waals surface area contributed by atoms with Gasteiger partial charge >= 0.3 is 0 Å². The molecule has 0 aromatic heterocycles. The van der Waals surface area contributed by atoms with E-state index in [-0.39, 0.29) is 4.81 Å². The highest BCUT2D eigenvalue weighted by Gasteiger charge is 2.39. The average molecular weight is 663 g/mol. The molecule has 50 heavy (non-hydrogen) atoms. The average Bonchev–Trinajstić information content (AvgIpc) is 3.17. The van der Waals surface area contributed by atoms with Gasteiger partial charge in [-0.2, -0.15) is 9.68 Å². The van der Waals surface area contributed by atoms with Crippen LogP contribution in [0.5, 0.6) is 0 Å². The van der Waals surface area contributed by atoms with E-state index in [0.717, 1.165) is 43.5 Å². The van der Waals surface area contributed by atoms with E-state index in [2.05, 4.69) is 135 Å². The van der Waals surface area contributed by atoms with Crippen molar-refractivity contribution in [2.45, 2.75) is 84.5 Å². The van der Waals surface area contributed by atoms with Gasteiger partial charge in [0.15, 0.2) is 0 Å². The predicted molar refractivity (Wildman–Crippen MR) is 214 cm³/mol. The highest BCUT2D eigenvalue weighted by Crippen LogP contribution is 2.42. The van der Waals surface area contributed by atoms with Crippen LogP contribution < -0.4 is 4.81 Å². The molecular weight excluding hydrogens is 611 g/mol. The Kier molecular flexibility index (Phi) is 11.1. The van der Waals surface area contributed by atoms with Crippen LogP contribution >= 0.6 is 0 Å². The lowest BCUT2D eigenvalue weighted by Crippen LogP contribution is -2.44. The van der Waals surface area contributed by atoms with Gasteiger partial charge < -0.3 is 0 Å². The third kappa shape index (κ3) is 7.01. The first-order valence-corrected chi connectivity index (χ1v) is 19.1. The monoisotopic (exact) mass is 662 g/mol. The van der Waals surface area contributed by atoms with E-state index in [0.29, 0.717) is 13.2 Å². The molecule has 256 valence electrons. The second-order valence-electron chi connectivity index (χ2n) is 13.9. The maximum absolute atomic E-state index is 6.77. The summed E-state index contributed by atoms with van der Waals surface area (Å²) in [5, 5.41) is 10.9. The number of hydrogen-bond donors (Lipinski definition) is 0. The van der Waals surface area contributed by atoms with E-state index >= 15 is 0 Å². The lowest BCUT2D eigenvalue weighted by molar-refractivity contribution is -0.316. The van der Waals surface area contributed by atoms with Crippen LogP contribution in [0.25, 0.3) is 43.1 Å². The molecule has 0 saturated carbocycles. The van der Waals surface area contributed by atoms with Crippen LogP contribution in [0.1, 0.15) is 82.8 Å². The first kappa shape index (κ1) is 34.2. The molecular formula is C47H52NO2+. The molecule has 3 heteroatoms. The van der Waals surface area contributed by atoms with Crippen molar-refractivity contribution in [3.05, 3.63) is 132 Å². The van der Waals surface area contributed by atoms with Gasteiger partial charge in [-0.3, -0.25) is 0 Å². The van der Waals surface area contributed by atoms with Crippen molar-refractivity contribution in [2.24, 2.45) is 0 Å². The molecule has 0 heterocycles. The van der Waals surface area contributed by atoms with Gasteiger partial charge in [0, 0.05) is 29.1 Å². The van der Waals surface area contributed by atoms with Crippen molar-refractivity contribution in [1.82, 2.24) is 4.81 Å². The van der Waals surface area contributed by atoms with E-state index in [1.807, 2.05) is 0 Å². The quantitative estimate of drug-likeness (QED) is 0.0299. The molecule has 0 saturated heterocycles. The maximum atomic E-state index is 6.77. The molecule has 0 amide bonds. The van der Waals surface area contributed by atoms with Crippen LogP contribution in [0.2, 0.25) is 0 Å². The van der Waals surface area contributed by atoms with Crippen LogP contribution in [0, 0.1) is 0 Å². The van der Waals surface area contributed by atoms with Gasteiger partial charge in [-0.25, -0.2) is 0 Å². The first-order valence-electron chi connectivity index (χ1n) is 19.1. The Balaban J connectivity index is 1.14. The van der Waals surface area contributed by atoms with Crippen LogP contribution in [0.3, 0.4) is 0 Å². The number of fused-ring (bicyclic) bond motifs is 2. The number of benzene rings is 7. The van der Waals surface area contributed by atoms with Crippen LogP contribution in [-0.2, 0) is 22.5 Å². The predicted octanol–water partition coefficient (Wildman–Crippen LogP) is 13.6. The summed E-state index contributed by atoms with van der Waals surface area (Å²) in [6, 6.07) is 44.5. The van der Waals surface area contributed by atoms with Gasteiger partial charge in [0.25, 0.3) is 0 Å². The van der Waals surface area contributed by atoms with Gasteiger partial charge in [0.1, 0.15) is 13.2 Å². The highest BCUT2D eigenvalue weighted by molar-refractivity contribution is 6.33. The summed E-state index contributed by atoms with van der Waals surface area (Å²) in [5.74, 6) is 0. The summed E-state index contributed by atoms with van der Waals surface area (Å²) >= 11 is 0. The van der Waals surface area contributed by atoms with E-state index in [4.69, 9.17) is 9.68 Å². The fourth-order valence-corrected chi connectivity index (χ4v) is 7.83. The Morgan fingerprint density at radius 1 is 0.420 bits per heavy atom. The Bertz CT molecular complexity index is 2100. The standard InChI is InChI=1S/C47H52NO2/c1-3-5-7-12-34-49-48(40-23-10-9-11-24-40,50-35-13-8-6-4-2)41-32-28-36(29-33-41)18-14-19-39-31-30-38-22-16-26-43-42-25-15-20-37-21-17-27-44(45(37)42)47(39)46(38)43/h9-11,15-17,20-33H,3-8,12-14,18-19,34-35H2,1-2H3/q+1. The van der Waals surface area contributed by atoms with E-state index in [1.165, 1.54) is 92.7 Å². The summed E-state index contributed by atoms with van der Waals surface area (Å²) in [7, 11) is 0. The van der Waals surface area contributed by atoms with E-state index in [9.17, 15) is 0 Å². The third-order valence-electron chi connectivity index (χ3n) is 10.4. The zero-order valence-corrected chi connectivity index (χ0v) is 30.0. The Labute approximate surface area is 298 Å². The van der Waals surface area contributed by atoms with E-state index in [1.54, 1.807) is 0 Å². The number of rotatable bonds is 18. The number of nitrogens with zero attached hydrogens (tertiary/aromatic N) is 1. The zero-order valence-electron chi connectivity index (χ0n) is 30.0. The lowest BCUT2D eigenvalue weighted by Gasteiger charge is -2.31. The zero-order chi connectivity index (χ0) is 34.2. The summed E-state index contributed by atoms with van der Waals surface area (Å²) < 4.78 is 0. The van der Waals surface area contributed by atoms with Crippen molar-refractivity contribution < 1.29 is 9.68 Å². The summed E-state index contributed by atoms with van der Waals surface area (Å²) in [5.41, 5.74) is 4.81. The van der Waals surface area contributed by atoms with Crippen molar-refractivity contribution in [3.63, 3.8) is 0 Å². The van der Waals surface area contributed by atoms with Crippen molar-refractivity contribution in [3.8, 4) is 0 Å². The fourth-order valence-electron chi connectivity index (χ4n) is 7.83. The molecule has 0 bridgehead atoms. The third-order valence-corrected chi connectivity index (χ3v) is 10.4. The minimum absolute atomic E-state index is 0.0187. The largest absolute Gasteiger partial charge is 0.206 e. The van der Waals surface area contributed by atoms with Crippen LogP contribution in [0.15, 0.2) is 121 Å². The topological polar surface area (TPSA) is 18.5 Å². The Hall–Kier alpha value is -4.28. The summed E-state index contributed by atoms with van der Waals surface area (Å²) in [6.45, 7) is 5.80. The SMILES string of the molecule is CCCCCCO[N+](OCCCCCC)(c1ccccc1)c1ccc(CCCc2ccc3cccc4c5cccc6cccc(c2c34)c65)cc1. The Morgan fingerprint density at radius 2 is 1.00 bits per heavy atom. The molecule has 7 aromatic carbocycles. The number of quaternary nitrogens is 1. The molecule has 0 radical (unpaired) electrons. The van der Waals surface area contributed by atoms with Crippen molar-refractivity contribution >= 4 is 54.5 Å². The van der Waals surface area contributed by atoms with Gasteiger partial charge in [-0.15, -0.1) is 0 Å². The fraction of sp³-hybridized carbons (Fsp3) is 0.319. The second-order valence-corrected chi connectivity index (χ2v) is 13.9. The minimum atomic E-state index is -0.0187. The molecule has 0 unspecified atom stereocenters. The normalized spacial score (nSPS) is 12.2. The molecule has 7 aromatic rings. The molecule has 0 aliphatic rings. The number of unbranched alkanes of at least 4 members (excludes halogenated alkanes) is 6. The maximum Gasteiger partial charge on any atom is 0.206 e. The minimum Gasteiger partial charge on any atom is -0.157 e. The summed E-state index contributed by atoms with van der Waals surface area (Å²) in [4.78, 5) is 13.5. The smallest absolute Gasteiger partial charge is 0.157 e. The number of hydrogen-bond acceptors (Lipinski definition) is 2.